The van der Waals surface area contributed by atoms with E-state index in [1.807, 2.05) is 6.92 Å². The smallest absolute Gasteiger partial charge is 0.295 e. The van der Waals surface area contributed by atoms with Gasteiger partial charge in [0.05, 0.1) is 5.69 Å². The second-order valence-electron chi connectivity index (χ2n) is 4.65. The zero-order valence-electron chi connectivity index (χ0n) is 10.6. The van der Waals surface area contributed by atoms with Crippen LogP contribution < -0.4 is 5.32 Å². The van der Waals surface area contributed by atoms with Gasteiger partial charge in [0.25, 0.3) is 5.89 Å². The highest BCUT2D eigenvalue weighted by molar-refractivity contribution is 5.47. The first kappa shape index (κ1) is 11.4. The van der Waals surface area contributed by atoms with Gasteiger partial charge in [0.1, 0.15) is 0 Å². The fourth-order valence-corrected chi connectivity index (χ4v) is 2.29. The summed E-state index contributed by atoms with van der Waals surface area (Å²) in [5.41, 5.74) is 0.782. The lowest BCUT2D eigenvalue weighted by Crippen LogP contribution is -2.28. The van der Waals surface area contributed by atoms with Crippen molar-refractivity contribution in [1.82, 2.24) is 20.4 Å². The van der Waals surface area contributed by atoms with Crippen LogP contribution in [0.5, 0.6) is 0 Å². The highest BCUT2D eigenvalue weighted by Crippen LogP contribution is 2.26. The van der Waals surface area contributed by atoms with Gasteiger partial charge in [-0.3, -0.25) is 0 Å². The number of rotatable bonds is 2. The van der Waals surface area contributed by atoms with Crippen LogP contribution in [0.2, 0.25) is 0 Å². The molecule has 0 bridgehead atoms. The lowest BCUT2D eigenvalue weighted by molar-refractivity contribution is 0.385. The van der Waals surface area contributed by atoms with Crippen LogP contribution in [0.3, 0.4) is 0 Å². The molecule has 1 N–H and O–H groups in total. The van der Waals surface area contributed by atoms with Crippen molar-refractivity contribution in [3.05, 3.63) is 17.4 Å². The van der Waals surface area contributed by atoms with Crippen LogP contribution in [-0.4, -0.2) is 28.2 Å². The summed E-state index contributed by atoms with van der Waals surface area (Å²) in [6, 6.07) is 0. The summed E-state index contributed by atoms with van der Waals surface area (Å²) in [4.78, 5) is 8.63. The van der Waals surface area contributed by atoms with Gasteiger partial charge in [-0.05, 0) is 26.3 Å². The summed E-state index contributed by atoms with van der Waals surface area (Å²) >= 11 is 0. The highest BCUT2D eigenvalue weighted by Gasteiger charge is 2.23. The van der Waals surface area contributed by atoms with E-state index in [1.165, 1.54) is 0 Å². The Labute approximate surface area is 105 Å². The minimum absolute atomic E-state index is 0.334. The molecule has 3 heterocycles. The van der Waals surface area contributed by atoms with E-state index >= 15 is 0 Å². The average molecular weight is 248 g/mol. The topological polar surface area (TPSA) is 77.0 Å². The molecule has 0 aliphatic carbocycles. The van der Waals surface area contributed by atoms with Crippen molar-refractivity contribution in [2.45, 2.75) is 32.6 Å². The number of aryl methyl sites for hydroxylation is 2. The van der Waals surface area contributed by atoms with Gasteiger partial charge in [-0.2, -0.15) is 4.98 Å². The van der Waals surface area contributed by atoms with E-state index in [0.717, 1.165) is 37.4 Å². The number of nitrogens with one attached hydrogen (secondary N) is 1. The van der Waals surface area contributed by atoms with Crippen molar-refractivity contribution in [2.75, 3.05) is 13.1 Å². The molecule has 1 aliphatic heterocycles. The molecule has 6 heteroatoms. The summed E-state index contributed by atoms with van der Waals surface area (Å²) in [6.07, 6.45) is 2.25. The molecule has 96 valence electrons. The first-order valence-electron chi connectivity index (χ1n) is 6.23. The van der Waals surface area contributed by atoms with Crippen molar-refractivity contribution >= 4 is 0 Å². The Kier molecular flexibility index (Phi) is 2.87. The summed E-state index contributed by atoms with van der Waals surface area (Å²) in [5.74, 6) is 2.71. The lowest BCUT2D eigenvalue weighted by atomic mass is 9.99. The van der Waals surface area contributed by atoms with Crippen LogP contribution >= 0.6 is 0 Å². The Morgan fingerprint density at radius 1 is 1.28 bits per heavy atom. The monoisotopic (exact) mass is 248 g/mol. The predicted molar refractivity (Wildman–Crippen MR) is 64.1 cm³/mol. The maximum atomic E-state index is 5.48. The molecule has 0 radical (unpaired) electrons. The molecule has 2 aromatic heterocycles. The third-order valence-corrected chi connectivity index (χ3v) is 3.20. The molecule has 18 heavy (non-hydrogen) atoms. The largest absolute Gasteiger partial charge is 0.436 e. The standard InChI is InChI=1S/C12H16N4O2/c1-7-10(17-8(2)14-7)12-15-11(16-18-12)9-4-3-5-13-6-9/h9,13H,3-6H2,1-2H3. The van der Waals surface area contributed by atoms with Gasteiger partial charge in [0.2, 0.25) is 5.76 Å². The average Bonchev–Trinajstić information content (AvgIpc) is 2.97. The van der Waals surface area contributed by atoms with Crippen molar-refractivity contribution in [2.24, 2.45) is 0 Å². The zero-order valence-corrected chi connectivity index (χ0v) is 10.6. The molecular formula is C12H16N4O2. The number of hydrogen-bond donors (Lipinski definition) is 1. The normalized spacial score (nSPS) is 20.2. The Balaban J connectivity index is 1.86. The molecule has 0 spiro atoms. The molecule has 0 amide bonds. The minimum Gasteiger partial charge on any atom is -0.436 e. The Bertz CT molecular complexity index is 540. The molecule has 3 rings (SSSR count). The molecule has 0 aromatic carbocycles. The first-order chi connectivity index (χ1) is 8.74. The van der Waals surface area contributed by atoms with E-state index in [1.54, 1.807) is 6.92 Å². The van der Waals surface area contributed by atoms with Gasteiger partial charge < -0.3 is 14.3 Å². The Hall–Kier alpha value is -1.69. The van der Waals surface area contributed by atoms with Crippen LogP contribution in [0.4, 0.5) is 0 Å². The van der Waals surface area contributed by atoms with E-state index < -0.39 is 0 Å². The van der Waals surface area contributed by atoms with E-state index in [-0.39, 0.29) is 0 Å². The van der Waals surface area contributed by atoms with E-state index in [0.29, 0.717) is 23.5 Å². The van der Waals surface area contributed by atoms with E-state index in [4.69, 9.17) is 8.94 Å². The molecule has 1 unspecified atom stereocenters. The first-order valence-corrected chi connectivity index (χ1v) is 6.23. The van der Waals surface area contributed by atoms with Crippen molar-refractivity contribution in [3.63, 3.8) is 0 Å². The van der Waals surface area contributed by atoms with Crippen LogP contribution in [0.15, 0.2) is 8.94 Å². The molecule has 1 fully saturated rings. The molecule has 1 saturated heterocycles. The fraction of sp³-hybridized carbons (Fsp3) is 0.583. The molecule has 0 saturated carbocycles. The second-order valence-corrected chi connectivity index (χ2v) is 4.65. The maximum Gasteiger partial charge on any atom is 0.295 e. The number of oxazole rings is 1. The van der Waals surface area contributed by atoms with Gasteiger partial charge in [-0.15, -0.1) is 0 Å². The minimum atomic E-state index is 0.334. The van der Waals surface area contributed by atoms with Gasteiger partial charge in [0, 0.05) is 19.4 Å². The van der Waals surface area contributed by atoms with Crippen LogP contribution in [0.25, 0.3) is 11.7 Å². The van der Waals surface area contributed by atoms with Crippen LogP contribution in [0.1, 0.15) is 36.2 Å². The van der Waals surface area contributed by atoms with Gasteiger partial charge in [-0.25, -0.2) is 4.98 Å². The van der Waals surface area contributed by atoms with Crippen LogP contribution in [-0.2, 0) is 0 Å². The third kappa shape index (κ3) is 2.03. The summed E-state index contributed by atoms with van der Waals surface area (Å²) in [6.45, 7) is 5.66. The van der Waals surface area contributed by atoms with Gasteiger partial charge in [0.15, 0.2) is 11.7 Å². The maximum absolute atomic E-state index is 5.48. The van der Waals surface area contributed by atoms with Gasteiger partial charge in [-0.1, -0.05) is 5.16 Å². The van der Waals surface area contributed by atoms with Crippen molar-refractivity contribution in [1.29, 1.82) is 0 Å². The second kappa shape index (κ2) is 4.53. The van der Waals surface area contributed by atoms with Crippen LogP contribution in [0, 0.1) is 13.8 Å². The fourth-order valence-electron chi connectivity index (χ4n) is 2.29. The van der Waals surface area contributed by atoms with Crippen molar-refractivity contribution < 1.29 is 8.94 Å². The molecule has 1 aliphatic rings. The van der Waals surface area contributed by atoms with Gasteiger partial charge >= 0.3 is 0 Å². The summed E-state index contributed by atoms with van der Waals surface area (Å²) in [7, 11) is 0. The summed E-state index contributed by atoms with van der Waals surface area (Å²) in [5, 5.41) is 7.39. The Morgan fingerprint density at radius 2 is 2.17 bits per heavy atom. The molecule has 2 aromatic rings. The third-order valence-electron chi connectivity index (χ3n) is 3.20. The number of nitrogens with zero attached hydrogens (tertiary/aromatic N) is 3. The lowest BCUT2D eigenvalue weighted by Gasteiger charge is -2.19. The Morgan fingerprint density at radius 3 is 2.83 bits per heavy atom. The number of aromatic nitrogens is 3. The van der Waals surface area contributed by atoms with Crippen molar-refractivity contribution in [3.8, 4) is 11.7 Å². The number of piperidine rings is 1. The quantitative estimate of drug-likeness (QED) is 0.873. The van der Waals surface area contributed by atoms with E-state index in [9.17, 15) is 0 Å². The predicted octanol–water partition coefficient (Wildman–Crippen LogP) is 1.81. The number of hydrogen-bond acceptors (Lipinski definition) is 6. The summed E-state index contributed by atoms with van der Waals surface area (Å²) < 4.78 is 10.8. The zero-order chi connectivity index (χ0) is 12.5. The molecule has 6 nitrogen and oxygen atoms in total. The van der Waals surface area contributed by atoms with E-state index in [2.05, 4.69) is 20.4 Å². The molecule has 1 atom stereocenters. The highest BCUT2D eigenvalue weighted by atomic mass is 16.5. The SMILES string of the molecule is Cc1nc(C)c(-c2nc(C3CCCNC3)no2)o1. The molecular weight excluding hydrogens is 232 g/mol.